The van der Waals surface area contributed by atoms with Crippen molar-refractivity contribution in [3.8, 4) is 5.75 Å². The molecule has 0 atom stereocenters. The number of aryl methyl sites for hydroxylation is 1. The van der Waals surface area contributed by atoms with E-state index in [9.17, 15) is 8.42 Å². The number of nitrogens with zero attached hydrogens (tertiary/aromatic N) is 3. The van der Waals surface area contributed by atoms with E-state index >= 15 is 0 Å². The van der Waals surface area contributed by atoms with Crippen LogP contribution in [-0.2, 0) is 10.0 Å². The van der Waals surface area contributed by atoms with E-state index in [2.05, 4.69) is 30.5 Å². The highest BCUT2D eigenvalue weighted by molar-refractivity contribution is 7.89. The lowest BCUT2D eigenvalue weighted by Gasteiger charge is -2.10. The monoisotopic (exact) mass is 448 g/mol. The molecule has 0 spiro atoms. The fourth-order valence-electron chi connectivity index (χ4n) is 2.50. The van der Waals surface area contributed by atoms with Crippen molar-refractivity contribution in [3.63, 3.8) is 0 Å². The Morgan fingerprint density at radius 2 is 1.77 bits per heavy atom. The Morgan fingerprint density at radius 1 is 1.00 bits per heavy atom. The van der Waals surface area contributed by atoms with Crippen molar-refractivity contribution in [2.45, 2.75) is 11.8 Å². The predicted octanol–water partition coefficient (Wildman–Crippen LogP) is 2.98. The lowest BCUT2D eigenvalue weighted by atomic mass is 10.3. The largest absolute Gasteiger partial charge is 0.495 e. The van der Waals surface area contributed by atoms with Crippen LogP contribution in [0.2, 0.25) is 5.02 Å². The van der Waals surface area contributed by atoms with Crippen molar-refractivity contribution in [2.75, 3.05) is 30.8 Å². The molecule has 9 nitrogen and oxygen atoms in total. The summed E-state index contributed by atoms with van der Waals surface area (Å²) in [5.41, 5.74) is 1.08. The minimum atomic E-state index is -3.69. The van der Waals surface area contributed by atoms with Crippen LogP contribution in [0.15, 0.2) is 53.6 Å². The number of halogens is 1. The minimum Gasteiger partial charge on any atom is -0.495 e. The summed E-state index contributed by atoms with van der Waals surface area (Å²) in [6.07, 6.45) is 1.71. The molecule has 2 heterocycles. The third kappa shape index (κ3) is 5.78. The number of sulfonamides is 1. The van der Waals surface area contributed by atoms with Gasteiger partial charge >= 0.3 is 0 Å². The number of aromatic nitrogens is 3. The molecule has 0 bridgehead atoms. The van der Waals surface area contributed by atoms with Gasteiger partial charge in [0, 0.05) is 19.3 Å². The summed E-state index contributed by atoms with van der Waals surface area (Å²) < 4.78 is 32.2. The molecule has 30 heavy (non-hydrogen) atoms. The average Bonchev–Trinajstić information content (AvgIpc) is 2.72. The number of ether oxygens (including phenoxy) is 1. The molecule has 0 saturated heterocycles. The molecule has 3 N–H and O–H groups in total. The molecule has 0 aliphatic heterocycles. The topological polar surface area (TPSA) is 118 Å². The first-order valence-electron chi connectivity index (χ1n) is 8.98. The SMILES string of the molecule is COc1ccc(S(=O)(=O)NCCNc2ccc(Nc3cc(C)ccn3)nn2)cc1Cl. The van der Waals surface area contributed by atoms with Crippen LogP contribution in [-0.4, -0.2) is 43.8 Å². The maximum atomic E-state index is 12.4. The molecule has 0 amide bonds. The fraction of sp³-hybridized carbons (Fsp3) is 0.211. The third-order valence-electron chi connectivity index (χ3n) is 3.99. The van der Waals surface area contributed by atoms with Crippen molar-refractivity contribution in [3.05, 3.63) is 59.2 Å². The molecule has 1 aromatic carbocycles. The lowest BCUT2D eigenvalue weighted by molar-refractivity contribution is 0.414. The molecule has 0 fully saturated rings. The molecular formula is C19H21ClN6O3S. The number of nitrogens with one attached hydrogen (secondary N) is 3. The van der Waals surface area contributed by atoms with Crippen LogP contribution in [0.5, 0.6) is 5.75 Å². The number of hydrogen-bond donors (Lipinski definition) is 3. The van der Waals surface area contributed by atoms with E-state index in [1.165, 1.54) is 25.3 Å². The maximum Gasteiger partial charge on any atom is 0.240 e. The first-order valence-corrected chi connectivity index (χ1v) is 10.8. The zero-order chi connectivity index (χ0) is 21.6. The Kier molecular flexibility index (Phi) is 7.03. The summed E-state index contributed by atoms with van der Waals surface area (Å²) in [6.45, 7) is 2.45. The molecule has 2 aromatic heterocycles. The summed E-state index contributed by atoms with van der Waals surface area (Å²) in [5, 5.41) is 14.4. The Morgan fingerprint density at radius 3 is 2.43 bits per heavy atom. The van der Waals surface area contributed by atoms with Crippen molar-refractivity contribution >= 4 is 39.1 Å². The number of hydrogen-bond acceptors (Lipinski definition) is 8. The molecule has 3 aromatic rings. The van der Waals surface area contributed by atoms with E-state index in [1.54, 1.807) is 18.3 Å². The molecule has 0 saturated carbocycles. The second-order valence-electron chi connectivity index (χ2n) is 6.27. The number of pyridine rings is 1. The van der Waals surface area contributed by atoms with Gasteiger partial charge in [0.1, 0.15) is 17.4 Å². The summed E-state index contributed by atoms with van der Waals surface area (Å²) in [4.78, 5) is 4.27. The molecule has 0 radical (unpaired) electrons. The van der Waals surface area contributed by atoms with Gasteiger partial charge in [0.25, 0.3) is 0 Å². The van der Waals surface area contributed by atoms with Crippen LogP contribution in [0.3, 0.4) is 0 Å². The standard InChI is InChI=1S/C19H21ClN6O3S/c1-13-7-8-21-19(11-13)24-18-6-5-17(25-26-18)22-9-10-23-30(27,28)14-3-4-16(29-2)15(20)12-14/h3-8,11-12,23H,9-10H2,1-2H3,(H,22,25)(H,21,24,26). The summed E-state index contributed by atoms with van der Waals surface area (Å²) in [6, 6.07) is 11.6. The van der Waals surface area contributed by atoms with Crippen molar-refractivity contribution < 1.29 is 13.2 Å². The second-order valence-corrected chi connectivity index (χ2v) is 8.44. The van der Waals surface area contributed by atoms with Gasteiger partial charge in [0.05, 0.1) is 17.0 Å². The normalized spacial score (nSPS) is 11.2. The zero-order valence-electron chi connectivity index (χ0n) is 16.4. The number of methoxy groups -OCH3 is 1. The first kappa shape index (κ1) is 21.8. The van der Waals surface area contributed by atoms with Gasteiger partial charge in [-0.15, -0.1) is 10.2 Å². The minimum absolute atomic E-state index is 0.0632. The van der Waals surface area contributed by atoms with Crippen LogP contribution in [0.25, 0.3) is 0 Å². The van der Waals surface area contributed by atoms with Gasteiger partial charge in [0.2, 0.25) is 10.0 Å². The van der Waals surface area contributed by atoms with Gasteiger partial charge < -0.3 is 15.4 Å². The van der Waals surface area contributed by atoms with Gasteiger partial charge in [-0.25, -0.2) is 18.1 Å². The highest BCUT2D eigenvalue weighted by Gasteiger charge is 2.15. The number of anilines is 3. The van der Waals surface area contributed by atoms with Gasteiger partial charge in [-0.2, -0.15) is 0 Å². The van der Waals surface area contributed by atoms with Crippen LogP contribution >= 0.6 is 11.6 Å². The molecule has 158 valence electrons. The highest BCUT2D eigenvalue weighted by atomic mass is 35.5. The van der Waals surface area contributed by atoms with Gasteiger partial charge in [-0.05, 0) is 55.0 Å². The van der Waals surface area contributed by atoms with Gasteiger partial charge in [0.15, 0.2) is 5.82 Å². The van der Waals surface area contributed by atoms with Crippen molar-refractivity contribution in [1.29, 1.82) is 0 Å². The molecule has 3 rings (SSSR count). The van der Waals surface area contributed by atoms with Crippen molar-refractivity contribution in [2.24, 2.45) is 0 Å². The van der Waals surface area contributed by atoms with Crippen molar-refractivity contribution in [1.82, 2.24) is 19.9 Å². The lowest BCUT2D eigenvalue weighted by Crippen LogP contribution is -2.29. The van der Waals surface area contributed by atoms with Crippen LogP contribution in [0.1, 0.15) is 5.56 Å². The fourth-order valence-corrected chi connectivity index (χ4v) is 3.88. The Balaban J connectivity index is 1.49. The summed E-state index contributed by atoms with van der Waals surface area (Å²) in [5.74, 6) is 2.16. The quantitative estimate of drug-likeness (QED) is 0.427. The Labute approximate surface area is 179 Å². The predicted molar refractivity (Wildman–Crippen MR) is 116 cm³/mol. The summed E-state index contributed by atoms with van der Waals surface area (Å²) >= 11 is 5.99. The molecule has 11 heteroatoms. The number of rotatable bonds is 9. The molecule has 0 aliphatic carbocycles. The molecule has 0 aliphatic rings. The molecule has 0 unspecified atom stereocenters. The van der Waals surface area contributed by atoms with E-state index in [-0.39, 0.29) is 16.5 Å². The Hall–Kier alpha value is -2.95. The zero-order valence-corrected chi connectivity index (χ0v) is 18.0. The molecular weight excluding hydrogens is 428 g/mol. The van der Waals surface area contributed by atoms with E-state index in [4.69, 9.17) is 16.3 Å². The van der Waals surface area contributed by atoms with Crippen LogP contribution in [0, 0.1) is 6.92 Å². The second kappa shape index (κ2) is 9.70. The maximum absolute atomic E-state index is 12.4. The first-order chi connectivity index (χ1) is 14.4. The van der Waals surface area contributed by atoms with E-state index in [1.807, 2.05) is 19.1 Å². The Bertz CT molecular complexity index is 1110. The van der Waals surface area contributed by atoms with Gasteiger partial charge in [-0.1, -0.05) is 11.6 Å². The van der Waals surface area contributed by atoms with Gasteiger partial charge in [-0.3, -0.25) is 0 Å². The van der Waals surface area contributed by atoms with E-state index in [0.29, 0.717) is 29.7 Å². The van der Waals surface area contributed by atoms with Crippen LogP contribution < -0.4 is 20.1 Å². The van der Waals surface area contributed by atoms with E-state index in [0.717, 1.165) is 5.56 Å². The average molecular weight is 449 g/mol. The summed E-state index contributed by atoms with van der Waals surface area (Å²) in [7, 11) is -2.23. The van der Waals surface area contributed by atoms with Crippen LogP contribution in [0.4, 0.5) is 17.5 Å². The smallest absolute Gasteiger partial charge is 0.240 e. The highest BCUT2D eigenvalue weighted by Crippen LogP contribution is 2.26. The third-order valence-corrected chi connectivity index (χ3v) is 5.75. The van der Waals surface area contributed by atoms with E-state index < -0.39 is 10.0 Å². The number of benzene rings is 1.